The summed E-state index contributed by atoms with van der Waals surface area (Å²) in [6.07, 6.45) is -2.49. The Hall–Kier alpha value is -3.90. The molecular weight excluding hydrogens is 573 g/mol. The second-order valence-corrected chi connectivity index (χ2v) is 11.4. The molecule has 0 aliphatic carbocycles. The maximum atomic E-state index is 16.3. The molecule has 3 saturated heterocycles. The summed E-state index contributed by atoms with van der Waals surface area (Å²) in [5, 5.41) is 12.6. The number of ether oxygens (including phenoxy) is 1. The minimum atomic E-state index is -4.85. The van der Waals surface area contributed by atoms with Gasteiger partial charge in [-0.1, -0.05) is 0 Å². The fourth-order valence-corrected chi connectivity index (χ4v) is 6.63. The van der Waals surface area contributed by atoms with E-state index >= 15 is 4.39 Å². The summed E-state index contributed by atoms with van der Waals surface area (Å²) >= 11 is 0. The van der Waals surface area contributed by atoms with E-state index in [1.54, 1.807) is 0 Å². The molecule has 3 N–H and O–H groups in total. The number of hydrogen-bond acceptors (Lipinski definition) is 10. The van der Waals surface area contributed by atoms with Crippen molar-refractivity contribution in [1.82, 2.24) is 30.2 Å². The molecule has 0 amide bonds. The fourth-order valence-electron chi connectivity index (χ4n) is 6.63. The lowest BCUT2D eigenvalue weighted by atomic mass is 9.95. The van der Waals surface area contributed by atoms with Crippen LogP contribution in [0.5, 0.6) is 6.01 Å². The highest BCUT2D eigenvalue weighted by molar-refractivity contribution is 5.92. The van der Waals surface area contributed by atoms with E-state index in [0.29, 0.717) is 32.6 Å². The van der Waals surface area contributed by atoms with Gasteiger partial charge in [-0.3, -0.25) is 9.88 Å². The second kappa shape index (κ2) is 11.0. The number of rotatable bonds is 6. The van der Waals surface area contributed by atoms with Gasteiger partial charge in [0, 0.05) is 44.8 Å². The van der Waals surface area contributed by atoms with Crippen molar-refractivity contribution in [2.24, 2.45) is 0 Å². The zero-order valence-electron chi connectivity index (χ0n) is 23.4. The number of anilines is 2. The van der Waals surface area contributed by atoms with Crippen LogP contribution in [0.25, 0.3) is 22.3 Å². The minimum absolute atomic E-state index is 0.0741. The van der Waals surface area contributed by atoms with Crippen molar-refractivity contribution in [3.05, 3.63) is 29.2 Å². The van der Waals surface area contributed by atoms with E-state index in [1.165, 1.54) is 13.1 Å². The Morgan fingerprint density at radius 2 is 2.02 bits per heavy atom. The van der Waals surface area contributed by atoms with Crippen LogP contribution in [0.15, 0.2) is 12.3 Å². The predicted molar refractivity (Wildman–Crippen MR) is 147 cm³/mol. The zero-order chi connectivity index (χ0) is 30.5. The minimum Gasteiger partial charge on any atom is -0.461 e. The average Bonchev–Trinajstić information content (AvgIpc) is 3.46. The lowest BCUT2D eigenvalue weighted by molar-refractivity contribution is -0.137. The number of pyridine rings is 2. The third-order valence-electron chi connectivity index (χ3n) is 8.51. The maximum absolute atomic E-state index is 16.3. The number of alkyl halides is 4. The molecule has 0 radical (unpaired) electrons. The van der Waals surface area contributed by atoms with Gasteiger partial charge >= 0.3 is 12.2 Å². The molecule has 3 atom stereocenters. The number of fused-ring (bicyclic) bond motifs is 2. The number of halogens is 5. The largest absolute Gasteiger partial charge is 0.461 e. The molecule has 3 aliphatic rings. The van der Waals surface area contributed by atoms with Crippen molar-refractivity contribution < 1.29 is 26.7 Å². The standard InChI is InChI=1S/C28H30F5N9O/c1-15-9-19(35)38-23(20(15)28(31,32)33)24-21(30)22-18(11-37-24)25(41-8-6-36-17(13-41)3-5-34)40-26(39-22)43-14-27-4-2-7-42(27)12-16(29)10-27/h9,11,16-17,36H,2-4,6-8,10,12-14H2,1H3,(H2,35,38)/t16-,17+,27+/m1/s1. The number of nitrogens with one attached hydrogen (secondary N) is 1. The third-order valence-corrected chi connectivity index (χ3v) is 8.51. The second-order valence-electron chi connectivity index (χ2n) is 11.4. The summed E-state index contributed by atoms with van der Waals surface area (Å²) in [7, 11) is 0. The predicted octanol–water partition coefficient (Wildman–Crippen LogP) is 3.78. The van der Waals surface area contributed by atoms with Crippen molar-refractivity contribution in [1.29, 1.82) is 5.26 Å². The Labute approximate surface area is 244 Å². The van der Waals surface area contributed by atoms with E-state index in [4.69, 9.17) is 10.5 Å². The van der Waals surface area contributed by atoms with Crippen LogP contribution in [0.4, 0.5) is 33.6 Å². The molecule has 0 bridgehead atoms. The highest BCUT2D eigenvalue weighted by atomic mass is 19.4. The van der Waals surface area contributed by atoms with Crippen LogP contribution < -0.4 is 20.7 Å². The molecule has 228 valence electrons. The summed E-state index contributed by atoms with van der Waals surface area (Å²) < 4.78 is 79.0. The molecule has 3 aromatic rings. The smallest absolute Gasteiger partial charge is 0.418 e. The number of hydrogen-bond donors (Lipinski definition) is 2. The van der Waals surface area contributed by atoms with Crippen molar-refractivity contribution in [3.63, 3.8) is 0 Å². The van der Waals surface area contributed by atoms with Crippen LogP contribution in [0.1, 0.15) is 36.8 Å². The van der Waals surface area contributed by atoms with Gasteiger partial charge in [0.2, 0.25) is 0 Å². The molecule has 10 nitrogen and oxygen atoms in total. The average molecular weight is 604 g/mol. The summed E-state index contributed by atoms with van der Waals surface area (Å²) in [6, 6.07) is 2.82. The first-order valence-electron chi connectivity index (χ1n) is 14.1. The van der Waals surface area contributed by atoms with Gasteiger partial charge in [0.25, 0.3) is 0 Å². The Balaban J connectivity index is 1.47. The number of aromatic nitrogens is 4. The SMILES string of the molecule is Cc1cc(N)nc(-c2ncc3c(N4CCN[C@@H](CC#N)C4)nc(OC[C@@]45CCCN4C[C@H](F)C5)nc3c2F)c1C(F)(F)F. The zero-order valence-corrected chi connectivity index (χ0v) is 23.4. The van der Waals surface area contributed by atoms with E-state index in [1.807, 2.05) is 4.90 Å². The number of nitrogens with zero attached hydrogens (tertiary/aromatic N) is 7. The van der Waals surface area contributed by atoms with Gasteiger partial charge in [0.15, 0.2) is 5.82 Å². The van der Waals surface area contributed by atoms with Gasteiger partial charge in [-0.2, -0.15) is 28.4 Å². The molecule has 0 spiro atoms. The van der Waals surface area contributed by atoms with Crippen LogP contribution >= 0.6 is 0 Å². The molecule has 6 heterocycles. The van der Waals surface area contributed by atoms with Crippen molar-refractivity contribution in [3.8, 4) is 23.5 Å². The summed E-state index contributed by atoms with van der Waals surface area (Å²) in [5.74, 6) is -1.09. The quantitative estimate of drug-likeness (QED) is 0.402. The van der Waals surface area contributed by atoms with E-state index < -0.39 is 40.7 Å². The molecular formula is C28H30F5N9O. The molecule has 3 aliphatic heterocycles. The Morgan fingerprint density at radius 1 is 1.21 bits per heavy atom. The molecule has 0 saturated carbocycles. The molecule has 15 heteroatoms. The Morgan fingerprint density at radius 3 is 2.79 bits per heavy atom. The summed E-state index contributed by atoms with van der Waals surface area (Å²) in [4.78, 5) is 20.7. The van der Waals surface area contributed by atoms with Crippen LogP contribution in [0, 0.1) is 24.1 Å². The van der Waals surface area contributed by atoms with Crippen molar-refractivity contribution >= 4 is 22.5 Å². The van der Waals surface area contributed by atoms with Crippen molar-refractivity contribution in [2.75, 3.05) is 50.0 Å². The molecule has 3 fully saturated rings. The first-order chi connectivity index (χ1) is 20.5. The Bertz CT molecular complexity index is 1600. The molecule has 0 unspecified atom stereocenters. The highest BCUT2D eigenvalue weighted by Gasteiger charge is 2.49. The maximum Gasteiger partial charge on any atom is 0.418 e. The van der Waals surface area contributed by atoms with E-state index in [-0.39, 0.29) is 53.2 Å². The van der Waals surface area contributed by atoms with Gasteiger partial charge < -0.3 is 20.7 Å². The lowest BCUT2D eigenvalue weighted by Crippen LogP contribution is -2.51. The van der Waals surface area contributed by atoms with Gasteiger partial charge in [-0.05, 0) is 37.9 Å². The molecule has 3 aromatic heterocycles. The first kappa shape index (κ1) is 29.2. The van der Waals surface area contributed by atoms with E-state index in [0.717, 1.165) is 25.5 Å². The molecule has 43 heavy (non-hydrogen) atoms. The van der Waals surface area contributed by atoms with Gasteiger partial charge in [0.05, 0.1) is 29.0 Å². The first-order valence-corrected chi connectivity index (χ1v) is 14.1. The molecule has 0 aromatic carbocycles. The van der Waals surface area contributed by atoms with Gasteiger partial charge in [0.1, 0.15) is 41.3 Å². The normalized spacial score (nSPS) is 24.3. The van der Waals surface area contributed by atoms with Crippen LogP contribution in [-0.2, 0) is 6.18 Å². The lowest BCUT2D eigenvalue weighted by Gasteiger charge is -2.34. The third kappa shape index (κ3) is 5.38. The number of nitrogens with two attached hydrogens (primary N) is 1. The van der Waals surface area contributed by atoms with Crippen LogP contribution in [0.3, 0.4) is 0 Å². The monoisotopic (exact) mass is 603 g/mol. The van der Waals surface area contributed by atoms with Crippen LogP contribution in [-0.4, -0.2) is 81.9 Å². The molecule has 6 rings (SSSR count). The summed E-state index contributed by atoms with van der Waals surface area (Å²) in [6.45, 7) is 3.67. The number of nitrogen functional groups attached to an aromatic ring is 1. The summed E-state index contributed by atoms with van der Waals surface area (Å²) in [5.41, 5.74) is 2.15. The van der Waals surface area contributed by atoms with Gasteiger partial charge in [-0.25, -0.2) is 13.8 Å². The fraction of sp³-hybridized carbons (Fsp3) is 0.536. The number of piperazine rings is 1. The number of aryl methyl sites for hydroxylation is 1. The number of nitriles is 1. The highest BCUT2D eigenvalue weighted by Crippen LogP contribution is 2.42. The topological polar surface area (TPSA) is 129 Å². The Kier molecular flexibility index (Phi) is 7.45. The van der Waals surface area contributed by atoms with Crippen LogP contribution in [0.2, 0.25) is 0 Å². The van der Waals surface area contributed by atoms with E-state index in [9.17, 15) is 22.8 Å². The van der Waals surface area contributed by atoms with E-state index in [2.05, 4.69) is 36.2 Å². The van der Waals surface area contributed by atoms with Gasteiger partial charge in [-0.15, -0.1) is 0 Å². The van der Waals surface area contributed by atoms with Crippen molar-refractivity contribution in [2.45, 2.75) is 56.5 Å².